The Morgan fingerprint density at radius 1 is 1.10 bits per heavy atom. The molecule has 4 N–H and O–H groups in total. The summed E-state index contributed by atoms with van der Waals surface area (Å²) in [7, 11) is 0. The minimum atomic E-state index is -1.64. The first-order chi connectivity index (χ1) is 13.5. The Hall–Kier alpha value is -2.32. The van der Waals surface area contributed by atoms with Crippen LogP contribution in [0.15, 0.2) is 22.3 Å². The third-order valence-electron chi connectivity index (χ3n) is 5.97. The first kappa shape index (κ1) is 23.0. The zero-order valence-corrected chi connectivity index (χ0v) is 17.6. The molecule has 2 amide bonds. The smallest absolute Gasteiger partial charge is 0.254 e. The molecular formula is C21H31N3O5. The fourth-order valence-corrected chi connectivity index (χ4v) is 3.79. The van der Waals surface area contributed by atoms with E-state index in [9.17, 15) is 24.3 Å². The Labute approximate surface area is 171 Å². The van der Waals surface area contributed by atoms with Crippen LogP contribution >= 0.6 is 0 Å². The molecule has 1 heterocycles. The zero-order chi connectivity index (χ0) is 21.9. The SMILES string of the molecule is CC1=C(C)C(=O)C(CC[C@](C)(O)C(=O)N2CCC(NC(=O)CN)CC2)=C(C)C1=O. The van der Waals surface area contributed by atoms with Gasteiger partial charge in [0, 0.05) is 41.4 Å². The van der Waals surface area contributed by atoms with Gasteiger partial charge in [-0.3, -0.25) is 19.2 Å². The number of allylic oxidation sites excluding steroid dienone is 4. The molecule has 29 heavy (non-hydrogen) atoms. The van der Waals surface area contributed by atoms with Crippen molar-refractivity contribution in [1.82, 2.24) is 10.2 Å². The van der Waals surface area contributed by atoms with E-state index >= 15 is 0 Å². The summed E-state index contributed by atoms with van der Waals surface area (Å²) in [5.41, 5.74) is 5.28. The van der Waals surface area contributed by atoms with Gasteiger partial charge >= 0.3 is 0 Å². The van der Waals surface area contributed by atoms with Crippen LogP contribution in [-0.2, 0) is 19.2 Å². The van der Waals surface area contributed by atoms with Crippen LogP contribution in [-0.4, -0.2) is 64.7 Å². The van der Waals surface area contributed by atoms with Crippen molar-refractivity contribution in [3.8, 4) is 0 Å². The van der Waals surface area contributed by atoms with E-state index in [1.54, 1.807) is 25.7 Å². The van der Waals surface area contributed by atoms with Gasteiger partial charge in [0.25, 0.3) is 5.91 Å². The van der Waals surface area contributed by atoms with E-state index < -0.39 is 11.5 Å². The van der Waals surface area contributed by atoms with E-state index in [4.69, 9.17) is 5.73 Å². The van der Waals surface area contributed by atoms with Gasteiger partial charge in [-0.2, -0.15) is 0 Å². The molecular weight excluding hydrogens is 374 g/mol. The van der Waals surface area contributed by atoms with Gasteiger partial charge in [0.2, 0.25) is 5.91 Å². The van der Waals surface area contributed by atoms with Gasteiger partial charge in [0.15, 0.2) is 11.6 Å². The van der Waals surface area contributed by atoms with Crippen LogP contribution < -0.4 is 11.1 Å². The van der Waals surface area contributed by atoms with Crippen molar-refractivity contribution < 1.29 is 24.3 Å². The number of ketones is 2. The predicted octanol–water partition coefficient (Wildman–Crippen LogP) is 0.388. The number of hydrogen-bond donors (Lipinski definition) is 3. The quantitative estimate of drug-likeness (QED) is 0.548. The Bertz CT molecular complexity index is 786. The van der Waals surface area contributed by atoms with E-state index in [2.05, 4.69) is 5.32 Å². The molecule has 1 fully saturated rings. The third kappa shape index (κ3) is 5.00. The van der Waals surface area contributed by atoms with Gasteiger partial charge in [-0.05, 0) is 53.4 Å². The summed E-state index contributed by atoms with van der Waals surface area (Å²) in [5.74, 6) is -0.988. The van der Waals surface area contributed by atoms with Crippen LogP contribution in [0.4, 0.5) is 0 Å². The van der Waals surface area contributed by atoms with E-state index in [-0.39, 0.29) is 42.9 Å². The number of nitrogens with one attached hydrogen (secondary N) is 1. The normalized spacial score (nSPS) is 20.8. The summed E-state index contributed by atoms with van der Waals surface area (Å²) in [6, 6.07) is -0.0308. The van der Waals surface area contributed by atoms with Gasteiger partial charge in [-0.25, -0.2) is 0 Å². The largest absolute Gasteiger partial charge is 0.380 e. The molecule has 2 aliphatic rings. The summed E-state index contributed by atoms with van der Waals surface area (Å²) >= 11 is 0. The lowest BCUT2D eigenvalue weighted by Crippen LogP contribution is -2.53. The lowest BCUT2D eigenvalue weighted by molar-refractivity contribution is -0.151. The van der Waals surface area contributed by atoms with Crippen molar-refractivity contribution in [2.24, 2.45) is 5.73 Å². The minimum absolute atomic E-state index is 0.0308. The molecule has 8 nitrogen and oxygen atoms in total. The number of piperidine rings is 1. The summed E-state index contributed by atoms with van der Waals surface area (Å²) in [6.45, 7) is 7.08. The Kier molecular flexibility index (Phi) is 7.13. The third-order valence-corrected chi connectivity index (χ3v) is 5.97. The molecule has 1 saturated heterocycles. The van der Waals surface area contributed by atoms with Crippen molar-refractivity contribution in [3.05, 3.63) is 22.3 Å². The van der Waals surface area contributed by atoms with E-state index in [1.807, 2.05) is 0 Å². The standard InChI is InChI=1S/C21H31N3O5/c1-12-13(2)19(27)16(14(3)18(12)26)5-8-21(4,29)20(28)24-9-6-15(7-10-24)23-17(25)11-22/h15,29H,5-11,22H2,1-4H3,(H,23,25)/t21-/m0/s1. The molecule has 2 rings (SSSR count). The van der Waals surface area contributed by atoms with E-state index in [0.717, 1.165) is 0 Å². The predicted molar refractivity (Wildman–Crippen MR) is 108 cm³/mol. The summed E-state index contributed by atoms with van der Waals surface area (Å²) in [6.07, 6.45) is 1.39. The van der Waals surface area contributed by atoms with Crippen molar-refractivity contribution in [2.75, 3.05) is 19.6 Å². The van der Waals surface area contributed by atoms with Gasteiger partial charge in [-0.1, -0.05) is 0 Å². The topological polar surface area (TPSA) is 130 Å². The molecule has 0 spiro atoms. The Balaban J connectivity index is 1.98. The van der Waals surface area contributed by atoms with Gasteiger partial charge in [0.05, 0.1) is 6.54 Å². The highest BCUT2D eigenvalue weighted by Crippen LogP contribution is 2.29. The molecule has 0 aromatic heterocycles. The van der Waals surface area contributed by atoms with Crippen molar-refractivity contribution in [1.29, 1.82) is 0 Å². The maximum absolute atomic E-state index is 12.8. The van der Waals surface area contributed by atoms with Crippen molar-refractivity contribution in [3.63, 3.8) is 0 Å². The number of rotatable bonds is 6. The summed E-state index contributed by atoms with van der Waals surface area (Å²) in [4.78, 5) is 50.6. The average molecular weight is 405 g/mol. The summed E-state index contributed by atoms with van der Waals surface area (Å²) in [5, 5.41) is 13.6. The van der Waals surface area contributed by atoms with Crippen LogP contribution in [0.3, 0.4) is 0 Å². The first-order valence-electron chi connectivity index (χ1n) is 9.97. The van der Waals surface area contributed by atoms with Crippen LogP contribution in [0.2, 0.25) is 0 Å². The molecule has 1 aliphatic carbocycles. The molecule has 0 aromatic carbocycles. The first-order valence-corrected chi connectivity index (χ1v) is 9.97. The lowest BCUT2D eigenvalue weighted by Gasteiger charge is -2.36. The van der Waals surface area contributed by atoms with Crippen molar-refractivity contribution in [2.45, 2.75) is 65.0 Å². The van der Waals surface area contributed by atoms with E-state index in [1.165, 1.54) is 6.92 Å². The number of nitrogens with two attached hydrogens (primary N) is 1. The highest BCUT2D eigenvalue weighted by atomic mass is 16.3. The second kappa shape index (κ2) is 9.00. The molecule has 0 radical (unpaired) electrons. The van der Waals surface area contributed by atoms with Crippen LogP contribution in [0.5, 0.6) is 0 Å². The number of carbonyl (C=O) groups excluding carboxylic acids is 4. The fraction of sp³-hybridized carbons (Fsp3) is 0.619. The number of amides is 2. The van der Waals surface area contributed by atoms with Crippen LogP contribution in [0, 0.1) is 0 Å². The second-order valence-corrected chi connectivity index (χ2v) is 8.12. The Morgan fingerprint density at radius 3 is 2.21 bits per heavy atom. The second-order valence-electron chi connectivity index (χ2n) is 8.12. The zero-order valence-electron chi connectivity index (χ0n) is 17.6. The fourth-order valence-electron chi connectivity index (χ4n) is 3.79. The molecule has 0 saturated carbocycles. The molecule has 1 aliphatic heterocycles. The number of Topliss-reactive ketones (excluding diaryl/α,β-unsaturated/α-hetero) is 2. The number of aliphatic hydroxyl groups is 1. The molecule has 8 heteroatoms. The Morgan fingerprint density at radius 2 is 1.66 bits per heavy atom. The average Bonchev–Trinajstić information content (AvgIpc) is 2.70. The molecule has 0 unspecified atom stereocenters. The minimum Gasteiger partial charge on any atom is -0.380 e. The number of carbonyl (C=O) groups is 4. The lowest BCUT2D eigenvalue weighted by atomic mass is 9.82. The maximum Gasteiger partial charge on any atom is 0.254 e. The summed E-state index contributed by atoms with van der Waals surface area (Å²) < 4.78 is 0. The number of likely N-dealkylation sites (tertiary alicyclic amines) is 1. The van der Waals surface area contributed by atoms with E-state index in [0.29, 0.717) is 48.2 Å². The molecule has 0 aromatic rings. The van der Waals surface area contributed by atoms with Crippen LogP contribution in [0.25, 0.3) is 0 Å². The highest BCUT2D eigenvalue weighted by molar-refractivity contribution is 6.24. The van der Waals surface area contributed by atoms with Gasteiger partial charge in [-0.15, -0.1) is 0 Å². The molecule has 0 bridgehead atoms. The number of hydrogen-bond acceptors (Lipinski definition) is 6. The highest BCUT2D eigenvalue weighted by Gasteiger charge is 2.37. The molecule has 1 atom stereocenters. The van der Waals surface area contributed by atoms with Gasteiger partial charge in [0.1, 0.15) is 5.60 Å². The number of nitrogens with zero attached hydrogens (tertiary/aromatic N) is 1. The van der Waals surface area contributed by atoms with Crippen molar-refractivity contribution >= 4 is 23.4 Å². The molecule has 160 valence electrons. The van der Waals surface area contributed by atoms with Gasteiger partial charge < -0.3 is 21.1 Å². The van der Waals surface area contributed by atoms with Crippen LogP contribution in [0.1, 0.15) is 53.4 Å². The monoisotopic (exact) mass is 405 g/mol. The maximum atomic E-state index is 12.8.